The predicted octanol–water partition coefficient (Wildman–Crippen LogP) is 11.8. The molecule has 0 bridgehead atoms. The average Bonchev–Trinajstić information content (AvgIpc) is 3.10. The minimum absolute atomic E-state index is 0.210. The average molecular weight is 721 g/mol. The van der Waals surface area contributed by atoms with E-state index in [1.54, 1.807) is 0 Å². The molecule has 50 heavy (non-hydrogen) atoms. The van der Waals surface area contributed by atoms with Gasteiger partial charge in [-0.3, -0.25) is 18.6 Å². The number of esters is 2. The van der Waals surface area contributed by atoms with Gasteiger partial charge in [0.25, 0.3) is 0 Å². The standard InChI is InChI=1S/C41H69O8P/c1-4-6-8-10-12-14-16-18-20-21-22-24-26-28-30-32-34-36-41(43)49-39(38-48-50(44,45)46-3)37-47-40(42)35-33-31-29-27-25-23-19-17-15-13-11-9-7-5-2/h6,8,11-14,17-20,22,24,39H,4-5,7,9-10,15-16,21,23,25-38H2,1-3H3,(H,44,45)/b8-6-,13-11-,14-12-,19-17-,20-18-,24-22-. The van der Waals surface area contributed by atoms with Gasteiger partial charge >= 0.3 is 19.8 Å². The van der Waals surface area contributed by atoms with Crippen LogP contribution in [0.15, 0.2) is 72.9 Å². The van der Waals surface area contributed by atoms with Crippen LogP contribution in [0, 0.1) is 0 Å². The normalized spacial score (nSPS) is 14.2. The Morgan fingerprint density at radius 1 is 0.580 bits per heavy atom. The third-order valence-corrected chi connectivity index (χ3v) is 8.62. The summed E-state index contributed by atoms with van der Waals surface area (Å²) < 4.78 is 31.8. The van der Waals surface area contributed by atoms with E-state index in [9.17, 15) is 19.0 Å². The SMILES string of the molecule is CC/C=C\C/C=C\C/C=C\C/C=C\CCCCCCC(=O)OC(COC(=O)CCCCCCC/C=C\C/C=C\CCCC)COP(=O)(O)OC. The third-order valence-electron chi connectivity index (χ3n) is 7.68. The molecule has 0 aromatic carbocycles. The number of unbranched alkanes of at least 4 members (excludes halogenated alkanes) is 11. The van der Waals surface area contributed by atoms with Gasteiger partial charge in [0.05, 0.1) is 6.61 Å². The number of phosphoric ester groups is 1. The van der Waals surface area contributed by atoms with Crippen LogP contribution in [0.25, 0.3) is 0 Å². The summed E-state index contributed by atoms with van der Waals surface area (Å²) >= 11 is 0. The van der Waals surface area contributed by atoms with Gasteiger partial charge in [0, 0.05) is 20.0 Å². The minimum atomic E-state index is -4.27. The molecule has 0 rings (SSSR count). The second kappa shape index (κ2) is 36.3. The Morgan fingerprint density at radius 3 is 1.52 bits per heavy atom. The fourth-order valence-corrected chi connectivity index (χ4v) is 5.18. The number of rotatable bonds is 34. The molecule has 0 aliphatic heterocycles. The topological polar surface area (TPSA) is 108 Å². The van der Waals surface area contributed by atoms with Crippen molar-refractivity contribution in [1.82, 2.24) is 0 Å². The molecule has 0 fully saturated rings. The predicted molar refractivity (Wildman–Crippen MR) is 207 cm³/mol. The number of phosphoric acid groups is 1. The quantitative estimate of drug-likeness (QED) is 0.0303. The Bertz CT molecular complexity index is 1040. The summed E-state index contributed by atoms with van der Waals surface area (Å²) in [6.45, 7) is 3.68. The van der Waals surface area contributed by atoms with Gasteiger partial charge < -0.3 is 14.4 Å². The van der Waals surface area contributed by atoms with E-state index in [4.69, 9.17) is 14.0 Å². The molecule has 286 valence electrons. The third kappa shape index (κ3) is 35.3. The Balaban J connectivity index is 4.15. The van der Waals surface area contributed by atoms with Crippen LogP contribution in [-0.2, 0) is 32.7 Å². The molecule has 0 aliphatic carbocycles. The maximum Gasteiger partial charge on any atom is 0.472 e. The first-order valence-corrected chi connectivity index (χ1v) is 20.6. The van der Waals surface area contributed by atoms with Gasteiger partial charge in [0.2, 0.25) is 0 Å². The molecule has 9 heteroatoms. The van der Waals surface area contributed by atoms with Gasteiger partial charge in [0.15, 0.2) is 6.10 Å². The van der Waals surface area contributed by atoms with E-state index in [0.29, 0.717) is 6.42 Å². The van der Waals surface area contributed by atoms with Crippen LogP contribution in [0.1, 0.15) is 149 Å². The Morgan fingerprint density at radius 2 is 1.02 bits per heavy atom. The summed E-state index contributed by atoms with van der Waals surface area (Å²) in [6, 6.07) is 0. The van der Waals surface area contributed by atoms with Gasteiger partial charge in [-0.1, -0.05) is 132 Å². The summed E-state index contributed by atoms with van der Waals surface area (Å²) in [5.74, 6) is -0.856. The summed E-state index contributed by atoms with van der Waals surface area (Å²) in [6.07, 6.45) is 45.2. The van der Waals surface area contributed by atoms with E-state index in [1.165, 1.54) is 12.8 Å². The molecule has 0 saturated heterocycles. The number of allylic oxidation sites excluding steroid dienone is 12. The van der Waals surface area contributed by atoms with Crippen LogP contribution in [0.5, 0.6) is 0 Å². The summed E-state index contributed by atoms with van der Waals surface area (Å²) in [4.78, 5) is 34.3. The fraction of sp³-hybridized carbons (Fsp3) is 0.659. The van der Waals surface area contributed by atoms with E-state index in [-0.39, 0.29) is 19.4 Å². The molecule has 8 nitrogen and oxygen atoms in total. The van der Waals surface area contributed by atoms with Crippen LogP contribution in [0.3, 0.4) is 0 Å². The van der Waals surface area contributed by atoms with Gasteiger partial charge in [-0.15, -0.1) is 0 Å². The molecule has 2 unspecified atom stereocenters. The van der Waals surface area contributed by atoms with Crippen molar-refractivity contribution < 1.29 is 37.6 Å². The molecule has 0 amide bonds. The lowest BCUT2D eigenvalue weighted by molar-refractivity contribution is -0.161. The Labute approximate surface area is 304 Å². The largest absolute Gasteiger partial charge is 0.472 e. The van der Waals surface area contributed by atoms with Gasteiger partial charge in [0.1, 0.15) is 6.61 Å². The molecule has 0 aromatic heterocycles. The first-order valence-electron chi connectivity index (χ1n) is 19.1. The molecule has 0 saturated carbocycles. The van der Waals surface area contributed by atoms with Crippen LogP contribution in [-0.4, -0.2) is 43.3 Å². The zero-order valence-corrected chi connectivity index (χ0v) is 32.4. The van der Waals surface area contributed by atoms with E-state index in [0.717, 1.165) is 110 Å². The maximum atomic E-state index is 12.5. The number of carbonyl (C=O) groups is 2. The molecule has 1 N–H and O–H groups in total. The van der Waals surface area contributed by atoms with Crippen LogP contribution < -0.4 is 0 Å². The van der Waals surface area contributed by atoms with Gasteiger partial charge in [-0.2, -0.15) is 0 Å². The summed E-state index contributed by atoms with van der Waals surface area (Å²) in [5.41, 5.74) is 0. The van der Waals surface area contributed by atoms with Crippen molar-refractivity contribution in [3.05, 3.63) is 72.9 Å². The van der Waals surface area contributed by atoms with Crippen molar-refractivity contribution in [2.75, 3.05) is 20.3 Å². The Hall–Kier alpha value is -2.51. The van der Waals surface area contributed by atoms with E-state index < -0.39 is 32.5 Å². The molecular weight excluding hydrogens is 651 g/mol. The van der Waals surface area contributed by atoms with Crippen LogP contribution >= 0.6 is 7.82 Å². The second-order valence-corrected chi connectivity index (χ2v) is 13.9. The maximum absolute atomic E-state index is 12.5. The highest BCUT2D eigenvalue weighted by Gasteiger charge is 2.24. The number of hydrogen-bond donors (Lipinski definition) is 1. The summed E-state index contributed by atoms with van der Waals surface area (Å²) in [7, 11) is -3.22. The molecule has 2 atom stereocenters. The van der Waals surface area contributed by atoms with Crippen molar-refractivity contribution in [2.24, 2.45) is 0 Å². The van der Waals surface area contributed by atoms with Gasteiger partial charge in [-0.05, 0) is 77.0 Å². The smallest absolute Gasteiger partial charge is 0.462 e. The molecule has 0 heterocycles. The zero-order valence-electron chi connectivity index (χ0n) is 31.5. The number of hydrogen-bond acceptors (Lipinski definition) is 7. The van der Waals surface area contributed by atoms with Crippen molar-refractivity contribution in [3.63, 3.8) is 0 Å². The van der Waals surface area contributed by atoms with Crippen molar-refractivity contribution >= 4 is 19.8 Å². The van der Waals surface area contributed by atoms with E-state index in [2.05, 4.69) is 91.3 Å². The zero-order chi connectivity index (χ0) is 36.8. The highest BCUT2D eigenvalue weighted by atomic mass is 31.2. The minimum Gasteiger partial charge on any atom is -0.462 e. The molecular formula is C41H69O8P. The van der Waals surface area contributed by atoms with Crippen LogP contribution in [0.4, 0.5) is 0 Å². The van der Waals surface area contributed by atoms with Gasteiger partial charge in [-0.25, -0.2) is 4.57 Å². The van der Waals surface area contributed by atoms with Crippen molar-refractivity contribution in [1.29, 1.82) is 0 Å². The highest BCUT2D eigenvalue weighted by molar-refractivity contribution is 7.47. The monoisotopic (exact) mass is 720 g/mol. The number of ether oxygens (including phenoxy) is 2. The molecule has 0 aliphatic rings. The highest BCUT2D eigenvalue weighted by Crippen LogP contribution is 2.42. The summed E-state index contributed by atoms with van der Waals surface area (Å²) in [5, 5.41) is 0. The first-order chi connectivity index (χ1) is 24.3. The lowest BCUT2D eigenvalue weighted by Crippen LogP contribution is -2.29. The Kier molecular flexibility index (Phi) is 34.5. The lowest BCUT2D eigenvalue weighted by atomic mass is 10.1. The second-order valence-electron chi connectivity index (χ2n) is 12.3. The van der Waals surface area contributed by atoms with Crippen molar-refractivity contribution in [3.8, 4) is 0 Å². The fourth-order valence-electron chi connectivity index (χ4n) is 4.72. The van der Waals surface area contributed by atoms with Crippen LogP contribution in [0.2, 0.25) is 0 Å². The van der Waals surface area contributed by atoms with E-state index >= 15 is 0 Å². The number of carbonyl (C=O) groups excluding carboxylic acids is 2. The van der Waals surface area contributed by atoms with E-state index in [1.807, 2.05) is 0 Å². The molecule has 0 spiro atoms. The molecule has 0 radical (unpaired) electrons. The van der Waals surface area contributed by atoms with Crippen molar-refractivity contribution in [2.45, 2.75) is 155 Å². The first kappa shape index (κ1) is 47.5. The lowest BCUT2D eigenvalue weighted by Gasteiger charge is -2.19. The molecule has 0 aromatic rings.